The van der Waals surface area contributed by atoms with E-state index in [1.807, 2.05) is 35.0 Å². The van der Waals surface area contributed by atoms with Gasteiger partial charge in [0.1, 0.15) is 6.04 Å². The van der Waals surface area contributed by atoms with Gasteiger partial charge in [-0.15, -0.1) is 11.8 Å². The zero-order chi connectivity index (χ0) is 20.2. The molecule has 1 N–H and O–H groups in total. The van der Waals surface area contributed by atoms with Gasteiger partial charge in [-0.3, -0.25) is 9.59 Å². The molecule has 1 unspecified atom stereocenters. The average molecular weight is 427 g/mol. The lowest BCUT2D eigenvalue weighted by Gasteiger charge is -2.23. The molecule has 0 bridgehead atoms. The summed E-state index contributed by atoms with van der Waals surface area (Å²) in [6.45, 7) is 0.410. The highest BCUT2D eigenvalue weighted by molar-refractivity contribution is 7.99. The van der Waals surface area contributed by atoms with Crippen LogP contribution in [0.2, 0.25) is 5.02 Å². The molecule has 0 radical (unpaired) electrons. The second-order valence-electron chi connectivity index (χ2n) is 6.65. The van der Waals surface area contributed by atoms with E-state index in [1.54, 1.807) is 53.5 Å². The maximum absolute atomic E-state index is 12.8. The number of hydrogen-bond donors (Lipinski definition) is 1. The van der Waals surface area contributed by atoms with Crippen LogP contribution in [0.15, 0.2) is 67.3 Å². The number of rotatable bonds is 5. The molecule has 29 heavy (non-hydrogen) atoms. The fourth-order valence-corrected chi connectivity index (χ4v) is 4.40. The lowest BCUT2D eigenvalue weighted by atomic mass is 10.1. The molecule has 2 aromatic carbocycles. The van der Waals surface area contributed by atoms with Gasteiger partial charge >= 0.3 is 0 Å². The molecule has 1 aromatic heterocycles. The van der Waals surface area contributed by atoms with Gasteiger partial charge in [-0.2, -0.15) is 0 Å². The zero-order valence-electron chi connectivity index (χ0n) is 15.5. The van der Waals surface area contributed by atoms with E-state index in [9.17, 15) is 9.59 Å². The lowest BCUT2D eigenvalue weighted by Crippen LogP contribution is -2.47. The minimum atomic E-state index is -0.478. The van der Waals surface area contributed by atoms with Gasteiger partial charge in [-0.05, 0) is 42.0 Å². The SMILES string of the molecule is O=C(NCc1ccc(-n2ccnc2)cc1)C1CSCN1C(=O)c1ccc(Cl)cc1. The van der Waals surface area contributed by atoms with Gasteiger partial charge in [-0.25, -0.2) is 4.98 Å². The summed E-state index contributed by atoms with van der Waals surface area (Å²) in [5, 5.41) is 3.53. The lowest BCUT2D eigenvalue weighted by molar-refractivity contribution is -0.124. The Balaban J connectivity index is 1.37. The largest absolute Gasteiger partial charge is 0.350 e. The second kappa shape index (κ2) is 8.71. The third-order valence-electron chi connectivity index (χ3n) is 4.74. The van der Waals surface area contributed by atoms with E-state index in [4.69, 9.17) is 11.6 Å². The monoisotopic (exact) mass is 426 g/mol. The normalized spacial score (nSPS) is 16.0. The minimum absolute atomic E-state index is 0.143. The molecular formula is C21H19ClN4O2S. The Morgan fingerprint density at radius 2 is 1.90 bits per heavy atom. The van der Waals surface area contributed by atoms with Gasteiger partial charge in [0, 0.05) is 41.0 Å². The van der Waals surface area contributed by atoms with Crippen LogP contribution in [0.4, 0.5) is 0 Å². The number of hydrogen-bond acceptors (Lipinski definition) is 4. The van der Waals surface area contributed by atoms with Crippen LogP contribution >= 0.6 is 23.4 Å². The Hall–Kier alpha value is -2.77. The van der Waals surface area contributed by atoms with Crippen LogP contribution in [0.3, 0.4) is 0 Å². The van der Waals surface area contributed by atoms with Crippen molar-refractivity contribution in [3.05, 3.63) is 83.4 Å². The van der Waals surface area contributed by atoms with E-state index in [2.05, 4.69) is 10.3 Å². The van der Waals surface area contributed by atoms with Crippen molar-refractivity contribution >= 4 is 35.2 Å². The highest BCUT2D eigenvalue weighted by Gasteiger charge is 2.34. The van der Waals surface area contributed by atoms with E-state index >= 15 is 0 Å². The average Bonchev–Trinajstić information content (AvgIpc) is 3.44. The maximum Gasteiger partial charge on any atom is 0.255 e. The van der Waals surface area contributed by atoms with Crippen LogP contribution in [0.25, 0.3) is 5.69 Å². The van der Waals surface area contributed by atoms with Crippen LogP contribution < -0.4 is 5.32 Å². The Labute approximate surface area is 177 Å². The number of carbonyl (C=O) groups excluding carboxylic acids is 2. The van der Waals surface area contributed by atoms with Crippen LogP contribution in [-0.4, -0.2) is 43.9 Å². The van der Waals surface area contributed by atoms with Crippen molar-refractivity contribution in [3.63, 3.8) is 0 Å². The molecule has 3 aromatic rings. The summed E-state index contributed by atoms with van der Waals surface area (Å²) in [5.41, 5.74) is 2.53. The quantitative estimate of drug-likeness (QED) is 0.679. The number of thioether (sulfide) groups is 1. The molecule has 2 amide bonds. The van der Waals surface area contributed by atoms with Gasteiger partial charge in [0.05, 0.1) is 12.2 Å². The van der Waals surface area contributed by atoms with Crippen molar-refractivity contribution in [1.29, 1.82) is 0 Å². The molecule has 0 spiro atoms. The summed E-state index contributed by atoms with van der Waals surface area (Å²) in [5.74, 6) is 0.789. The molecule has 2 heterocycles. The van der Waals surface area contributed by atoms with Crippen LogP contribution in [0.5, 0.6) is 0 Å². The first-order valence-corrected chi connectivity index (χ1v) is 10.6. The van der Waals surface area contributed by atoms with E-state index in [0.29, 0.717) is 28.8 Å². The smallest absolute Gasteiger partial charge is 0.255 e. The van der Waals surface area contributed by atoms with Gasteiger partial charge in [0.15, 0.2) is 0 Å². The molecular weight excluding hydrogens is 408 g/mol. The molecule has 0 aliphatic carbocycles. The fourth-order valence-electron chi connectivity index (χ4n) is 3.12. The first-order chi connectivity index (χ1) is 14.1. The highest BCUT2D eigenvalue weighted by Crippen LogP contribution is 2.24. The van der Waals surface area contributed by atoms with Crippen LogP contribution in [0.1, 0.15) is 15.9 Å². The maximum atomic E-state index is 12.8. The number of imidazole rings is 1. The van der Waals surface area contributed by atoms with Crippen molar-refractivity contribution in [2.24, 2.45) is 0 Å². The summed E-state index contributed by atoms with van der Waals surface area (Å²) in [4.78, 5) is 31.2. The second-order valence-corrected chi connectivity index (χ2v) is 8.09. The summed E-state index contributed by atoms with van der Waals surface area (Å²) in [6, 6.07) is 14.1. The van der Waals surface area contributed by atoms with E-state index in [0.717, 1.165) is 11.3 Å². The third kappa shape index (κ3) is 4.46. The first-order valence-electron chi connectivity index (χ1n) is 9.11. The van der Waals surface area contributed by atoms with Gasteiger partial charge in [0.2, 0.25) is 5.91 Å². The minimum Gasteiger partial charge on any atom is -0.350 e. The fraction of sp³-hybridized carbons (Fsp3) is 0.190. The summed E-state index contributed by atoms with van der Waals surface area (Å²) >= 11 is 7.47. The molecule has 4 rings (SSSR count). The van der Waals surface area contributed by atoms with Crippen LogP contribution in [-0.2, 0) is 11.3 Å². The summed E-state index contributed by atoms with van der Waals surface area (Å²) in [6.07, 6.45) is 5.34. The number of aromatic nitrogens is 2. The van der Waals surface area contributed by atoms with Crippen molar-refractivity contribution in [2.75, 3.05) is 11.6 Å². The predicted octanol–water partition coefficient (Wildman–Crippen LogP) is 3.36. The van der Waals surface area contributed by atoms with Gasteiger partial charge in [0.25, 0.3) is 5.91 Å². The highest BCUT2D eigenvalue weighted by atomic mass is 35.5. The topological polar surface area (TPSA) is 67.2 Å². The van der Waals surface area contributed by atoms with Gasteiger partial charge < -0.3 is 14.8 Å². The number of benzene rings is 2. The standard InChI is InChI=1S/C21H19ClN4O2S/c22-17-5-3-16(4-6-17)21(28)26-14-29-12-19(26)20(27)24-11-15-1-7-18(8-2-15)25-10-9-23-13-25/h1-10,13,19H,11-12,14H2,(H,24,27). The van der Waals surface area contributed by atoms with Crippen molar-refractivity contribution in [1.82, 2.24) is 19.8 Å². The Kier molecular flexibility index (Phi) is 5.87. The van der Waals surface area contributed by atoms with E-state index in [-0.39, 0.29) is 11.8 Å². The molecule has 1 fully saturated rings. The number of nitrogens with zero attached hydrogens (tertiary/aromatic N) is 3. The van der Waals surface area contributed by atoms with E-state index < -0.39 is 6.04 Å². The summed E-state index contributed by atoms with van der Waals surface area (Å²) < 4.78 is 1.92. The molecule has 1 aliphatic heterocycles. The number of halogens is 1. The van der Waals surface area contributed by atoms with Crippen molar-refractivity contribution < 1.29 is 9.59 Å². The molecule has 1 aliphatic rings. The predicted molar refractivity (Wildman–Crippen MR) is 114 cm³/mol. The Morgan fingerprint density at radius 3 is 2.59 bits per heavy atom. The van der Waals surface area contributed by atoms with Crippen molar-refractivity contribution in [3.8, 4) is 5.69 Å². The Bertz CT molecular complexity index is 991. The third-order valence-corrected chi connectivity index (χ3v) is 6.01. The number of carbonyl (C=O) groups is 2. The van der Waals surface area contributed by atoms with E-state index in [1.165, 1.54) is 0 Å². The van der Waals surface area contributed by atoms with Crippen molar-refractivity contribution in [2.45, 2.75) is 12.6 Å². The molecule has 0 saturated carbocycles. The summed E-state index contributed by atoms with van der Waals surface area (Å²) in [7, 11) is 0. The molecule has 1 atom stereocenters. The number of nitrogens with one attached hydrogen (secondary N) is 1. The van der Waals surface area contributed by atoms with Gasteiger partial charge in [-0.1, -0.05) is 23.7 Å². The molecule has 6 nitrogen and oxygen atoms in total. The molecule has 1 saturated heterocycles. The first kappa shape index (κ1) is 19.5. The zero-order valence-corrected chi connectivity index (χ0v) is 17.1. The Morgan fingerprint density at radius 1 is 1.14 bits per heavy atom. The van der Waals surface area contributed by atoms with Crippen LogP contribution in [0, 0.1) is 0 Å². The molecule has 8 heteroatoms. The number of amides is 2. The molecule has 148 valence electrons.